The number of aliphatic hydroxyl groups is 1. The molecule has 0 aliphatic heterocycles. The number of hydrazine groups is 1. The van der Waals surface area contributed by atoms with E-state index in [2.05, 4.69) is 9.06 Å². The number of rotatable bonds is 3. The number of hydrogen-bond acceptors (Lipinski definition) is 3. The summed E-state index contributed by atoms with van der Waals surface area (Å²) in [6.07, 6.45) is 0. The molecule has 0 amide bonds. The molecule has 0 aliphatic rings. The second-order valence-corrected chi connectivity index (χ2v) is 2.61. The van der Waals surface area contributed by atoms with Gasteiger partial charge in [0.2, 0.25) is 0 Å². The van der Waals surface area contributed by atoms with Crippen LogP contribution in [0.15, 0.2) is 24.3 Å². The van der Waals surface area contributed by atoms with Crippen LogP contribution in [-0.4, -0.2) is 5.11 Å². The van der Waals surface area contributed by atoms with Crippen molar-refractivity contribution in [2.75, 3.05) is 5.43 Å². The van der Waals surface area contributed by atoms with Crippen LogP contribution in [0.4, 0.5) is 5.69 Å². The largest absolute Gasteiger partial charge is 0.392 e. The Kier molecular flexibility index (Phi) is 3.61. The third-order valence-corrected chi connectivity index (χ3v) is 1.60. The van der Waals surface area contributed by atoms with E-state index in [1.165, 1.54) is 0 Å². The second-order valence-electron chi connectivity index (χ2n) is 2.07. The Morgan fingerprint density at radius 2 is 1.91 bits per heavy atom. The molecule has 11 heavy (non-hydrogen) atoms. The molecule has 0 heterocycles. The van der Waals surface area contributed by atoms with Crippen molar-refractivity contribution in [2.45, 2.75) is 6.61 Å². The van der Waals surface area contributed by atoms with Crippen molar-refractivity contribution < 1.29 is 5.11 Å². The minimum absolute atomic E-state index is 0.0952. The highest BCUT2D eigenvalue weighted by molar-refractivity contribution is 14.1. The van der Waals surface area contributed by atoms with Crippen molar-refractivity contribution in [3.05, 3.63) is 29.8 Å². The van der Waals surface area contributed by atoms with E-state index in [0.717, 1.165) is 11.3 Å². The third-order valence-electron chi connectivity index (χ3n) is 1.33. The number of hydrogen-bond donors (Lipinski definition) is 3. The molecule has 0 fully saturated rings. The van der Waals surface area contributed by atoms with Gasteiger partial charge in [0, 0.05) is 28.6 Å². The van der Waals surface area contributed by atoms with Gasteiger partial charge in [-0.1, -0.05) is 12.1 Å². The van der Waals surface area contributed by atoms with Gasteiger partial charge in [-0.2, -0.15) is 3.64 Å². The lowest BCUT2D eigenvalue weighted by Gasteiger charge is -2.02. The molecule has 4 heteroatoms. The summed E-state index contributed by atoms with van der Waals surface area (Å²) < 4.78 is 2.78. The van der Waals surface area contributed by atoms with E-state index in [1.54, 1.807) is 0 Å². The predicted octanol–water partition coefficient (Wildman–Crippen LogP) is 1.45. The van der Waals surface area contributed by atoms with Gasteiger partial charge in [0.15, 0.2) is 0 Å². The number of halogens is 1. The van der Waals surface area contributed by atoms with Crippen LogP contribution >= 0.6 is 22.9 Å². The fraction of sp³-hybridized carbons (Fsp3) is 0.143. The zero-order valence-electron chi connectivity index (χ0n) is 5.84. The Bertz CT molecular complexity index is 212. The van der Waals surface area contributed by atoms with Gasteiger partial charge in [-0.05, 0) is 17.7 Å². The first-order valence-corrected chi connectivity index (χ1v) is 4.26. The Morgan fingerprint density at radius 3 is 2.36 bits per heavy atom. The maximum absolute atomic E-state index is 8.72. The molecular weight excluding hydrogens is 255 g/mol. The van der Waals surface area contributed by atoms with E-state index in [-0.39, 0.29) is 6.61 Å². The van der Waals surface area contributed by atoms with Crippen molar-refractivity contribution in [3.8, 4) is 0 Å². The molecule has 0 radical (unpaired) electrons. The number of aliphatic hydroxyl groups excluding tert-OH is 1. The van der Waals surface area contributed by atoms with Crippen LogP contribution < -0.4 is 9.06 Å². The number of anilines is 1. The molecule has 0 aliphatic carbocycles. The fourth-order valence-electron chi connectivity index (χ4n) is 0.748. The highest BCUT2D eigenvalue weighted by Gasteiger charge is 1.90. The zero-order chi connectivity index (χ0) is 8.10. The normalized spacial score (nSPS) is 9.64. The summed E-state index contributed by atoms with van der Waals surface area (Å²) in [6.45, 7) is 0.0952. The fourth-order valence-corrected chi connectivity index (χ4v) is 1.06. The lowest BCUT2D eigenvalue weighted by molar-refractivity contribution is 0.282. The summed E-state index contributed by atoms with van der Waals surface area (Å²) in [7, 11) is 0. The first kappa shape index (κ1) is 8.76. The summed E-state index contributed by atoms with van der Waals surface area (Å²) >= 11 is 2.00. The van der Waals surface area contributed by atoms with Gasteiger partial charge < -0.3 is 10.5 Å². The van der Waals surface area contributed by atoms with Gasteiger partial charge in [-0.25, -0.2) is 0 Å². The Hall–Kier alpha value is -0.330. The lowest BCUT2D eigenvalue weighted by atomic mass is 10.2. The smallest absolute Gasteiger partial charge is 0.0681 e. The third kappa shape index (κ3) is 2.64. The molecule has 0 atom stereocenters. The van der Waals surface area contributed by atoms with Gasteiger partial charge in [-0.15, -0.1) is 0 Å². The van der Waals surface area contributed by atoms with Crippen molar-refractivity contribution in [1.82, 2.24) is 3.64 Å². The topological polar surface area (TPSA) is 44.3 Å². The molecule has 1 aromatic rings. The van der Waals surface area contributed by atoms with E-state index in [4.69, 9.17) is 5.11 Å². The summed E-state index contributed by atoms with van der Waals surface area (Å²) in [5.74, 6) is 0. The van der Waals surface area contributed by atoms with Crippen molar-refractivity contribution in [1.29, 1.82) is 0 Å². The molecule has 0 aromatic heterocycles. The number of nitrogens with one attached hydrogen (secondary N) is 2. The predicted molar refractivity (Wildman–Crippen MR) is 53.1 cm³/mol. The molecule has 1 aromatic carbocycles. The van der Waals surface area contributed by atoms with E-state index in [0.29, 0.717) is 0 Å². The molecular formula is C7H9IN2O. The van der Waals surface area contributed by atoms with Crippen molar-refractivity contribution >= 4 is 28.6 Å². The standard InChI is InChI=1S/C7H9IN2O/c8-10-9-7-3-1-6(5-11)2-4-7/h1-4,9-11H,5H2. The summed E-state index contributed by atoms with van der Waals surface area (Å²) in [4.78, 5) is 0. The molecule has 1 rings (SSSR count). The molecule has 0 saturated carbocycles. The molecule has 0 unspecified atom stereocenters. The maximum Gasteiger partial charge on any atom is 0.0681 e. The van der Waals surface area contributed by atoms with Gasteiger partial charge in [0.25, 0.3) is 0 Å². The minimum Gasteiger partial charge on any atom is -0.392 e. The quantitative estimate of drug-likeness (QED) is 0.440. The molecule has 3 N–H and O–H groups in total. The summed E-state index contributed by atoms with van der Waals surface area (Å²) in [6, 6.07) is 7.54. The van der Waals surface area contributed by atoms with Gasteiger partial charge in [0.05, 0.1) is 6.61 Å². The Balaban J connectivity index is 2.66. The van der Waals surface area contributed by atoms with Gasteiger partial charge in [0.1, 0.15) is 0 Å². The van der Waals surface area contributed by atoms with E-state index >= 15 is 0 Å². The SMILES string of the molecule is OCc1ccc(NNI)cc1. The first-order valence-electron chi connectivity index (χ1n) is 3.18. The van der Waals surface area contributed by atoms with Crippen molar-refractivity contribution in [2.24, 2.45) is 0 Å². The average molecular weight is 264 g/mol. The highest BCUT2D eigenvalue weighted by atomic mass is 127. The van der Waals surface area contributed by atoms with Crippen LogP contribution in [0.1, 0.15) is 5.56 Å². The Labute approximate surface area is 79.3 Å². The van der Waals surface area contributed by atoms with Crippen LogP contribution in [0, 0.1) is 0 Å². The second kappa shape index (κ2) is 4.53. The molecule has 3 nitrogen and oxygen atoms in total. The van der Waals surface area contributed by atoms with Crippen molar-refractivity contribution in [3.63, 3.8) is 0 Å². The number of benzene rings is 1. The Morgan fingerprint density at radius 1 is 1.27 bits per heavy atom. The molecule has 0 spiro atoms. The molecule has 0 saturated heterocycles. The maximum atomic E-state index is 8.72. The average Bonchev–Trinajstić information content (AvgIpc) is 2.07. The molecule has 60 valence electrons. The van der Waals surface area contributed by atoms with Crippen LogP contribution in [0.5, 0.6) is 0 Å². The van der Waals surface area contributed by atoms with Crippen LogP contribution in [0.2, 0.25) is 0 Å². The van der Waals surface area contributed by atoms with E-state index < -0.39 is 0 Å². The zero-order valence-corrected chi connectivity index (χ0v) is 8.00. The minimum atomic E-state index is 0.0952. The molecule has 0 bridgehead atoms. The van der Waals surface area contributed by atoms with Gasteiger partial charge >= 0.3 is 0 Å². The van der Waals surface area contributed by atoms with E-state index in [1.807, 2.05) is 47.1 Å². The first-order chi connectivity index (χ1) is 5.36. The van der Waals surface area contributed by atoms with Crippen LogP contribution in [0.25, 0.3) is 0 Å². The highest BCUT2D eigenvalue weighted by Crippen LogP contribution is 2.08. The van der Waals surface area contributed by atoms with Gasteiger partial charge in [-0.3, -0.25) is 0 Å². The van der Waals surface area contributed by atoms with E-state index in [9.17, 15) is 0 Å². The summed E-state index contributed by atoms with van der Waals surface area (Å²) in [5, 5.41) is 8.72. The monoisotopic (exact) mass is 264 g/mol. The van der Waals surface area contributed by atoms with Crippen LogP contribution in [-0.2, 0) is 6.61 Å². The lowest BCUT2D eigenvalue weighted by Crippen LogP contribution is -2.07. The summed E-state index contributed by atoms with van der Waals surface area (Å²) in [5.41, 5.74) is 4.82. The van der Waals surface area contributed by atoms with Crippen LogP contribution in [0.3, 0.4) is 0 Å².